The van der Waals surface area contributed by atoms with Crippen LogP contribution in [0.1, 0.15) is 0 Å². The maximum atomic E-state index is 5.30. The van der Waals surface area contributed by atoms with Gasteiger partial charge < -0.3 is 4.57 Å². The van der Waals surface area contributed by atoms with Crippen LogP contribution in [0.15, 0.2) is 237 Å². The number of benzene rings is 9. The van der Waals surface area contributed by atoms with Crippen molar-refractivity contribution in [1.29, 1.82) is 0 Å². The van der Waals surface area contributed by atoms with Crippen LogP contribution in [0.4, 0.5) is 0 Å². The van der Waals surface area contributed by atoms with Gasteiger partial charge in [0, 0.05) is 55.0 Å². The van der Waals surface area contributed by atoms with E-state index in [1.807, 2.05) is 60.7 Å². The Morgan fingerprint density at radius 2 is 0.662 bits per heavy atom. The molecule has 4 aromatic heterocycles. The molecule has 4 heterocycles. The molecule has 0 aliphatic heterocycles. The van der Waals surface area contributed by atoms with Crippen molar-refractivity contribution in [2.45, 2.75) is 0 Å². The van der Waals surface area contributed by atoms with Crippen LogP contribution in [0, 0.1) is 0 Å². The second kappa shape index (κ2) is 16.3. The zero-order valence-electron chi connectivity index (χ0n) is 36.6. The molecular formula is C61H39N7. The maximum absolute atomic E-state index is 5.30. The minimum absolute atomic E-state index is 0.545. The molecule has 68 heavy (non-hydrogen) atoms. The van der Waals surface area contributed by atoms with E-state index in [-0.39, 0.29) is 0 Å². The molecule has 13 rings (SSSR count). The standard InChI is InChI=1S/C61H39N7/c1-5-18-40(19-6-1)41-32-34-45(35-33-41)60-64-59(44-24-11-4-12-25-44)65-61(66-60)68-55-31-16-14-29-49(55)51-37-50-48-28-13-15-30-54(48)67(56(50)39-57(51)68)47-27-17-26-46(36-47)53-38-52(42-20-7-2-8-21-42)62-58(63-53)43-22-9-3-10-23-43/h1-39H. The highest BCUT2D eigenvalue weighted by Gasteiger charge is 2.22. The monoisotopic (exact) mass is 869 g/mol. The average molecular weight is 870 g/mol. The molecule has 0 bridgehead atoms. The Balaban J connectivity index is 1.02. The van der Waals surface area contributed by atoms with Crippen molar-refractivity contribution in [3.63, 3.8) is 0 Å². The number of rotatable bonds is 8. The highest BCUT2D eigenvalue weighted by atomic mass is 15.2. The molecule has 0 unspecified atom stereocenters. The lowest BCUT2D eigenvalue weighted by molar-refractivity contribution is 0.953. The molecule has 318 valence electrons. The Labute approximate surface area is 392 Å². The van der Waals surface area contributed by atoms with Crippen molar-refractivity contribution in [2.24, 2.45) is 0 Å². The molecule has 0 aliphatic rings. The molecule has 0 radical (unpaired) electrons. The van der Waals surface area contributed by atoms with E-state index in [4.69, 9.17) is 24.9 Å². The zero-order chi connectivity index (χ0) is 45.0. The second-order valence-electron chi connectivity index (χ2n) is 16.9. The number of para-hydroxylation sites is 2. The fourth-order valence-corrected chi connectivity index (χ4v) is 9.55. The van der Waals surface area contributed by atoms with Gasteiger partial charge in [0.05, 0.1) is 33.5 Å². The SMILES string of the molecule is c1ccc(-c2ccc(-c3nc(-c4ccccc4)nc(-n4c5ccccc5c5cc6c7ccccc7n(-c7cccc(-c8cc(-c9ccccc9)nc(-c9ccccc9)n8)c7)c6cc54)n3)cc2)cc1. The van der Waals surface area contributed by atoms with E-state index in [1.54, 1.807) is 0 Å². The molecule has 0 N–H and O–H groups in total. The molecule has 9 aromatic carbocycles. The summed E-state index contributed by atoms with van der Waals surface area (Å²) in [4.78, 5) is 25.9. The molecule has 13 aromatic rings. The van der Waals surface area contributed by atoms with E-state index in [9.17, 15) is 0 Å². The molecule has 7 nitrogen and oxygen atoms in total. The van der Waals surface area contributed by atoms with Crippen molar-refractivity contribution >= 4 is 43.6 Å². The highest BCUT2D eigenvalue weighted by molar-refractivity contribution is 6.19. The molecule has 0 fully saturated rings. The summed E-state index contributed by atoms with van der Waals surface area (Å²) < 4.78 is 4.57. The maximum Gasteiger partial charge on any atom is 0.238 e. The third-order valence-electron chi connectivity index (χ3n) is 12.8. The molecule has 0 aliphatic carbocycles. The lowest BCUT2D eigenvalue weighted by atomic mass is 10.0. The first-order valence-corrected chi connectivity index (χ1v) is 22.7. The van der Waals surface area contributed by atoms with Gasteiger partial charge in [-0.1, -0.05) is 194 Å². The Bertz CT molecular complexity index is 3940. The average Bonchev–Trinajstić information content (AvgIpc) is 3.93. The number of aromatic nitrogens is 7. The Morgan fingerprint density at radius 3 is 1.26 bits per heavy atom. The summed E-state index contributed by atoms with van der Waals surface area (Å²) >= 11 is 0. The first-order chi connectivity index (χ1) is 33.7. The van der Waals surface area contributed by atoms with Crippen LogP contribution >= 0.6 is 0 Å². The minimum atomic E-state index is 0.545. The van der Waals surface area contributed by atoms with Gasteiger partial charge in [-0.05, 0) is 53.6 Å². The summed E-state index contributed by atoms with van der Waals surface area (Å²) in [7, 11) is 0. The molecular weight excluding hydrogens is 831 g/mol. The Hall–Kier alpha value is -9.33. The summed E-state index contributed by atoms with van der Waals surface area (Å²) in [5, 5.41) is 4.55. The van der Waals surface area contributed by atoms with E-state index < -0.39 is 0 Å². The number of fused-ring (bicyclic) bond motifs is 6. The van der Waals surface area contributed by atoms with Crippen molar-refractivity contribution < 1.29 is 0 Å². The zero-order valence-corrected chi connectivity index (χ0v) is 36.6. The van der Waals surface area contributed by atoms with E-state index in [2.05, 4.69) is 185 Å². The van der Waals surface area contributed by atoms with Gasteiger partial charge in [0.2, 0.25) is 5.95 Å². The van der Waals surface area contributed by atoms with Crippen LogP contribution in [0.3, 0.4) is 0 Å². The third kappa shape index (κ3) is 6.80. The molecule has 0 amide bonds. The summed E-state index contributed by atoms with van der Waals surface area (Å²) in [6.45, 7) is 0. The molecule has 0 spiro atoms. The molecule has 0 atom stereocenters. The van der Waals surface area contributed by atoms with Gasteiger partial charge in [0.25, 0.3) is 0 Å². The van der Waals surface area contributed by atoms with Crippen LogP contribution in [0.25, 0.3) is 123 Å². The fraction of sp³-hybridized carbons (Fsp3) is 0. The van der Waals surface area contributed by atoms with Gasteiger partial charge in [-0.3, -0.25) is 4.57 Å². The quantitative estimate of drug-likeness (QED) is 0.152. The van der Waals surface area contributed by atoms with Crippen molar-refractivity contribution in [2.75, 3.05) is 0 Å². The predicted octanol–water partition coefficient (Wildman–Crippen LogP) is 14.9. The highest BCUT2D eigenvalue weighted by Crippen LogP contribution is 2.40. The number of hydrogen-bond acceptors (Lipinski definition) is 5. The van der Waals surface area contributed by atoms with Crippen molar-refractivity contribution in [1.82, 2.24) is 34.1 Å². The van der Waals surface area contributed by atoms with Crippen LogP contribution in [0.5, 0.6) is 0 Å². The third-order valence-corrected chi connectivity index (χ3v) is 12.8. The minimum Gasteiger partial charge on any atom is -0.309 e. The first-order valence-electron chi connectivity index (χ1n) is 22.7. The van der Waals surface area contributed by atoms with Gasteiger partial charge >= 0.3 is 0 Å². The fourth-order valence-electron chi connectivity index (χ4n) is 9.55. The van der Waals surface area contributed by atoms with Gasteiger partial charge in [0.15, 0.2) is 17.5 Å². The van der Waals surface area contributed by atoms with E-state index in [0.717, 1.165) is 94.2 Å². The summed E-state index contributed by atoms with van der Waals surface area (Å²) in [5.41, 5.74) is 14.0. The Morgan fingerprint density at radius 1 is 0.235 bits per heavy atom. The molecule has 0 saturated heterocycles. The van der Waals surface area contributed by atoms with E-state index in [1.165, 1.54) is 5.39 Å². The van der Waals surface area contributed by atoms with Gasteiger partial charge in [0.1, 0.15) is 0 Å². The van der Waals surface area contributed by atoms with Crippen LogP contribution in [-0.4, -0.2) is 34.1 Å². The largest absolute Gasteiger partial charge is 0.309 e. The molecule has 7 heteroatoms. The Kier molecular flexibility index (Phi) is 9.35. The summed E-state index contributed by atoms with van der Waals surface area (Å²) in [6.07, 6.45) is 0. The summed E-state index contributed by atoms with van der Waals surface area (Å²) in [6, 6.07) is 82.2. The van der Waals surface area contributed by atoms with Crippen LogP contribution < -0.4 is 0 Å². The van der Waals surface area contributed by atoms with Crippen LogP contribution in [0.2, 0.25) is 0 Å². The predicted molar refractivity (Wildman–Crippen MR) is 277 cm³/mol. The lowest BCUT2D eigenvalue weighted by Crippen LogP contribution is -2.06. The van der Waals surface area contributed by atoms with Crippen molar-refractivity contribution in [3.05, 3.63) is 237 Å². The first kappa shape index (κ1) is 39.1. The second-order valence-corrected chi connectivity index (χ2v) is 16.9. The molecule has 0 saturated carbocycles. The number of nitrogens with zero attached hydrogens (tertiary/aromatic N) is 7. The van der Waals surface area contributed by atoms with Gasteiger partial charge in [-0.25, -0.2) is 15.0 Å². The van der Waals surface area contributed by atoms with Gasteiger partial charge in [-0.15, -0.1) is 0 Å². The normalized spacial score (nSPS) is 11.5. The van der Waals surface area contributed by atoms with E-state index in [0.29, 0.717) is 23.4 Å². The van der Waals surface area contributed by atoms with Crippen LogP contribution in [-0.2, 0) is 0 Å². The van der Waals surface area contributed by atoms with Gasteiger partial charge in [-0.2, -0.15) is 9.97 Å². The number of hydrogen-bond donors (Lipinski definition) is 0. The summed E-state index contributed by atoms with van der Waals surface area (Å²) in [5.74, 6) is 2.43. The lowest BCUT2D eigenvalue weighted by Gasteiger charge is -2.13. The topological polar surface area (TPSA) is 74.3 Å². The van der Waals surface area contributed by atoms with Crippen molar-refractivity contribution in [3.8, 4) is 79.4 Å². The van der Waals surface area contributed by atoms with E-state index >= 15 is 0 Å². The smallest absolute Gasteiger partial charge is 0.238 e.